The summed E-state index contributed by atoms with van der Waals surface area (Å²) in [6.07, 6.45) is 3.95. The van der Waals surface area contributed by atoms with Crippen LogP contribution in [0.3, 0.4) is 0 Å². The summed E-state index contributed by atoms with van der Waals surface area (Å²) >= 11 is 1.29. The number of hydrogen-bond acceptors (Lipinski definition) is 6. The lowest BCUT2D eigenvalue weighted by Gasteiger charge is -2.36. The van der Waals surface area contributed by atoms with E-state index in [9.17, 15) is 5.26 Å². The van der Waals surface area contributed by atoms with Gasteiger partial charge in [-0.3, -0.25) is 4.90 Å². The Morgan fingerprint density at radius 1 is 1.10 bits per heavy atom. The maximum Gasteiger partial charge on any atom is 0.128 e. The summed E-state index contributed by atoms with van der Waals surface area (Å²) in [5, 5.41) is 10.3. The zero-order valence-electron chi connectivity index (χ0n) is 16.1. The van der Waals surface area contributed by atoms with Crippen molar-refractivity contribution in [2.75, 3.05) is 37.6 Å². The molecule has 1 fully saturated rings. The average Bonchev–Trinajstić information content (AvgIpc) is 3.40. The number of H-pyrrole nitrogens is 1. The number of rotatable bonds is 5. The van der Waals surface area contributed by atoms with Crippen LogP contribution in [0.25, 0.3) is 21.9 Å². The van der Waals surface area contributed by atoms with Crippen LogP contribution in [0.4, 0.5) is 5.69 Å². The highest BCUT2D eigenvalue weighted by molar-refractivity contribution is 7.00. The minimum absolute atomic E-state index is 0.725. The lowest BCUT2D eigenvalue weighted by atomic mass is 10.1. The molecule has 5 rings (SSSR count). The molecular formula is C22H22N6S. The number of fused-ring (bicyclic) bond motifs is 2. The summed E-state index contributed by atoms with van der Waals surface area (Å²) in [5.74, 6) is 0. The van der Waals surface area contributed by atoms with Gasteiger partial charge in [-0.2, -0.15) is 14.0 Å². The van der Waals surface area contributed by atoms with E-state index in [4.69, 9.17) is 0 Å². The van der Waals surface area contributed by atoms with Gasteiger partial charge in [0.1, 0.15) is 17.1 Å². The molecule has 4 aromatic rings. The summed E-state index contributed by atoms with van der Waals surface area (Å²) in [5.41, 5.74) is 6.30. The van der Waals surface area contributed by atoms with Crippen molar-refractivity contribution in [3.05, 3.63) is 53.7 Å². The highest BCUT2D eigenvalue weighted by atomic mass is 32.1. The van der Waals surface area contributed by atoms with E-state index in [2.05, 4.69) is 59.9 Å². The first-order chi connectivity index (χ1) is 14.3. The van der Waals surface area contributed by atoms with Crippen molar-refractivity contribution in [2.24, 2.45) is 0 Å². The zero-order valence-corrected chi connectivity index (χ0v) is 17.0. The van der Waals surface area contributed by atoms with Gasteiger partial charge in [0.25, 0.3) is 0 Å². The molecule has 2 aromatic carbocycles. The van der Waals surface area contributed by atoms with Crippen LogP contribution in [-0.2, 0) is 6.42 Å². The van der Waals surface area contributed by atoms with Gasteiger partial charge in [0.15, 0.2) is 0 Å². The molecule has 2 aromatic heterocycles. The van der Waals surface area contributed by atoms with Gasteiger partial charge in [-0.05, 0) is 49.2 Å². The van der Waals surface area contributed by atoms with E-state index in [0.29, 0.717) is 0 Å². The summed E-state index contributed by atoms with van der Waals surface area (Å²) in [6, 6.07) is 14.9. The van der Waals surface area contributed by atoms with Gasteiger partial charge >= 0.3 is 0 Å². The second-order valence-electron chi connectivity index (χ2n) is 7.54. The van der Waals surface area contributed by atoms with Crippen molar-refractivity contribution in [1.82, 2.24) is 18.6 Å². The minimum atomic E-state index is 0.725. The van der Waals surface area contributed by atoms with Gasteiger partial charge in [0, 0.05) is 43.3 Å². The lowest BCUT2D eigenvalue weighted by Crippen LogP contribution is -2.46. The number of nitrogens with one attached hydrogen (secondary N) is 1. The maximum atomic E-state index is 9.22. The third-order valence-electron chi connectivity index (χ3n) is 5.78. The fraction of sp³-hybridized carbons (Fsp3) is 0.318. The van der Waals surface area contributed by atoms with Gasteiger partial charge in [-0.15, -0.1) is 0 Å². The van der Waals surface area contributed by atoms with Crippen molar-refractivity contribution < 1.29 is 0 Å². The van der Waals surface area contributed by atoms with E-state index in [1.807, 2.05) is 6.07 Å². The SMILES string of the molecule is N#Cc1c[nH]c2ccc(CCCN3CCN(c4cccc5nsnc45)CC3)cc12. The van der Waals surface area contributed by atoms with E-state index in [1.54, 1.807) is 6.20 Å². The number of anilines is 1. The quantitative estimate of drug-likeness (QED) is 0.550. The predicted octanol–water partition coefficient (Wildman–Crippen LogP) is 3.80. The third kappa shape index (κ3) is 3.57. The molecule has 0 aliphatic carbocycles. The molecule has 0 bridgehead atoms. The topological polar surface area (TPSA) is 71.8 Å². The first-order valence-electron chi connectivity index (χ1n) is 10.0. The van der Waals surface area contributed by atoms with Gasteiger partial charge in [-0.1, -0.05) is 12.1 Å². The summed E-state index contributed by atoms with van der Waals surface area (Å²) in [7, 11) is 0. The molecule has 1 aliphatic heterocycles. The Morgan fingerprint density at radius 3 is 2.86 bits per heavy atom. The second kappa shape index (κ2) is 7.82. The molecule has 0 unspecified atom stereocenters. The van der Waals surface area contributed by atoms with Crippen LogP contribution in [0.1, 0.15) is 17.5 Å². The Bertz CT molecular complexity index is 1180. The Hall–Kier alpha value is -2.95. The van der Waals surface area contributed by atoms with Crippen LogP contribution in [0.5, 0.6) is 0 Å². The van der Waals surface area contributed by atoms with Crippen LogP contribution in [-0.4, -0.2) is 51.4 Å². The molecule has 0 saturated carbocycles. The Balaban J connectivity index is 1.16. The van der Waals surface area contributed by atoms with Gasteiger partial charge in [-0.25, -0.2) is 0 Å². The first kappa shape index (κ1) is 18.1. The standard InChI is InChI=1S/C22H22N6S/c23-14-17-15-24-19-7-6-16(13-18(17)19)3-2-8-27-9-11-28(12-10-27)21-5-1-4-20-22(21)26-29-25-20/h1,4-7,13,15,24H,2-3,8-12H2. The number of piperazine rings is 1. The average molecular weight is 403 g/mol. The molecule has 0 spiro atoms. The first-order valence-corrected chi connectivity index (χ1v) is 10.7. The molecule has 1 saturated heterocycles. The Labute approximate surface area is 173 Å². The monoisotopic (exact) mass is 402 g/mol. The highest BCUT2D eigenvalue weighted by Crippen LogP contribution is 2.26. The van der Waals surface area contributed by atoms with E-state index < -0.39 is 0 Å². The number of aromatic nitrogens is 3. The van der Waals surface area contributed by atoms with Gasteiger partial charge < -0.3 is 9.88 Å². The molecule has 1 aliphatic rings. The van der Waals surface area contributed by atoms with Gasteiger partial charge in [0.05, 0.1) is 23.0 Å². The van der Waals surface area contributed by atoms with E-state index in [-0.39, 0.29) is 0 Å². The second-order valence-corrected chi connectivity index (χ2v) is 8.06. The molecular weight excluding hydrogens is 380 g/mol. The molecule has 0 radical (unpaired) electrons. The number of nitriles is 1. The normalized spacial score (nSPS) is 15.2. The van der Waals surface area contributed by atoms with Crippen LogP contribution in [0.15, 0.2) is 42.6 Å². The van der Waals surface area contributed by atoms with Crippen molar-refractivity contribution in [3.63, 3.8) is 0 Å². The molecule has 0 amide bonds. The molecule has 0 atom stereocenters. The smallest absolute Gasteiger partial charge is 0.128 e. The third-order valence-corrected chi connectivity index (χ3v) is 6.33. The number of nitrogens with zero attached hydrogens (tertiary/aromatic N) is 5. The molecule has 7 heteroatoms. The van der Waals surface area contributed by atoms with Crippen LogP contribution < -0.4 is 4.90 Å². The molecule has 1 N–H and O–H groups in total. The van der Waals surface area contributed by atoms with Crippen molar-refractivity contribution in [2.45, 2.75) is 12.8 Å². The number of aryl methyl sites for hydroxylation is 1. The summed E-state index contributed by atoms with van der Waals surface area (Å²) in [6.45, 7) is 5.30. The molecule has 29 heavy (non-hydrogen) atoms. The van der Waals surface area contributed by atoms with E-state index in [0.717, 1.165) is 73.1 Å². The summed E-state index contributed by atoms with van der Waals surface area (Å²) in [4.78, 5) is 8.14. The predicted molar refractivity (Wildman–Crippen MR) is 117 cm³/mol. The maximum absolute atomic E-state index is 9.22. The lowest BCUT2D eigenvalue weighted by molar-refractivity contribution is 0.255. The molecule has 6 nitrogen and oxygen atoms in total. The zero-order chi connectivity index (χ0) is 19.6. The van der Waals surface area contributed by atoms with Crippen molar-refractivity contribution in [3.8, 4) is 6.07 Å². The van der Waals surface area contributed by atoms with Crippen molar-refractivity contribution >= 4 is 39.4 Å². The fourth-order valence-electron chi connectivity index (χ4n) is 4.18. The number of aromatic amines is 1. The summed E-state index contributed by atoms with van der Waals surface area (Å²) < 4.78 is 8.84. The van der Waals surface area contributed by atoms with E-state index in [1.165, 1.54) is 23.0 Å². The Kier molecular flexibility index (Phi) is 4.88. The molecule has 146 valence electrons. The van der Waals surface area contributed by atoms with Crippen molar-refractivity contribution in [1.29, 1.82) is 5.26 Å². The fourth-order valence-corrected chi connectivity index (χ4v) is 4.73. The van der Waals surface area contributed by atoms with Gasteiger partial charge in [0.2, 0.25) is 0 Å². The Morgan fingerprint density at radius 2 is 2.00 bits per heavy atom. The van der Waals surface area contributed by atoms with Crippen LogP contribution in [0.2, 0.25) is 0 Å². The van der Waals surface area contributed by atoms with E-state index >= 15 is 0 Å². The number of benzene rings is 2. The minimum Gasteiger partial charge on any atom is -0.367 e. The highest BCUT2D eigenvalue weighted by Gasteiger charge is 2.19. The molecule has 3 heterocycles. The largest absolute Gasteiger partial charge is 0.367 e. The van der Waals surface area contributed by atoms with Crippen LogP contribution in [0, 0.1) is 11.3 Å². The number of hydrogen-bond donors (Lipinski definition) is 1. The van der Waals surface area contributed by atoms with Crippen LogP contribution >= 0.6 is 11.7 Å².